The predicted molar refractivity (Wildman–Crippen MR) is 158 cm³/mol. The van der Waals surface area contributed by atoms with Crippen LogP contribution in [0.4, 0.5) is 4.79 Å². The van der Waals surface area contributed by atoms with E-state index in [2.05, 4.69) is 33.8 Å². The molecule has 1 aliphatic heterocycles. The zero-order chi connectivity index (χ0) is 29.1. The van der Waals surface area contributed by atoms with Crippen molar-refractivity contribution in [3.8, 4) is 11.3 Å². The number of carbonyl (C=O) groups excluding carboxylic acids is 3. The summed E-state index contributed by atoms with van der Waals surface area (Å²) in [5, 5.41) is 5.94. The number of benzene rings is 1. The van der Waals surface area contributed by atoms with Crippen LogP contribution in [-0.2, 0) is 19.1 Å². The number of urea groups is 1. The van der Waals surface area contributed by atoms with E-state index in [9.17, 15) is 14.4 Å². The van der Waals surface area contributed by atoms with E-state index >= 15 is 0 Å². The highest BCUT2D eigenvalue weighted by atomic mass is 32.2. The van der Waals surface area contributed by atoms with Gasteiger partial charge in [-0.25, -0.2) is 4.79 Å². The highest BCUT2D eigenvalue weighted by Crippen LogP contribution is 2.38. The third kappa shape index (κ3) is 7.77. The summed E-state index contributed by atoms with van der Waals surface area (Å²) in [6.07, 6.45) is 5.91. The first-order valence-electron chi connectivity index (χ1n) is 12.8. The van der Waals surface area contributed by atoms with Gasteiger partial charge in [-0.2, -0.15) is 0 Å². The van der Waals surface area contributed by atoms with Crippen molar-refractivity contribution >= 4 is 41.3 Å². The van der Waals surface area contributed by atoms with Gasteiger partial charge in [-0.3, -0.25) is 14.8 Å². The number of esters is 1. The Bertz CT molecular complexity index is 1330. The summed E-state index contributed by atoms with van der Waals surface area (Å²) < 4.78 is 11.0. The molecule has 10 heteroatoms. The molecule has 2 amide bonds. The van der Waals surface area contributed by atoms with Gasteiger partial charge in [-0.1, -0.05) is 43.1 Å². The van der Waals surface area contributed by atoms with Gasteiger partial charge in [0.15, 0.2) is 5.60 Å². The molecule has 1 aromatic carbocycles. The lowest BCUT2D eigenvalue weighted by molar-refractivity contribution is -0.189. The molecule has 0 bridgehead atoms. The number of hydrogen-bond acceptors (Lipinski definition) is 8. The Hall–Kier alpha value is -4.02. The van der Waals surface area contributed by atoms with Gasteiger partial charge in [0, 0.05) is 35.8 Å². The van der Waals surface area contributed by atoms with Crippen LogP contribution in [0.3, 0.4) is 0 Å². The molecular weight excluding hydrogens is 528 g/mol. The zero-order valence-electron chi connectivity index (χ0n) is 23.0. The zero-order valence-corrected chi connectivity index (χ0v) is 23.8. The van der Waals surface area contributed by atoms with E-state index in [0.29, 0.717) is 23.6 Å². The number of rotatable bonds is 13. The molecule has 1 aliphatic rings. The molecule has 0 unspecified atom stereocenters. The number of carbonyl (C=O) groups is 3. The summed E-state index contributed by atoms with van der Waals surface area (Å²) in [5.41, 5.74) is 3.81. The number of hydrogen-bond donors (Lipinski definition) is 2. The lowest BCUT2D eigenvalue weighted by Crippen LogP contribution is -2.58. The van der Waals surface area contributed by atoms with Crippen LogP contribution in [0, 0.1) is 6.92 Å². The van der Waals surface area contributed by atoms with Crippen LogP contribution in [0.15, 0.2) is 76.9 Å². The third-order valence-electron chi connectivity index (χ3n) is 6.09. The minimum atomic E-state index is -0.949. The van der Waals surface area contributed by atoms with E-state index in [1.165, 1.54) is 11.8 Å². The molecule has 3 rings (SSSR count). The van der Waals surface area contributed by atoms with Crippen LogP contribution in [0.2, 0.25) is 0 Å². The molecule has 0 saturated carbocycles. The summed E-state index contributed by atoms with van der Waals surface area (Å²) in [6, 6.07) is 9.37. The van der Waals surface area contributed by atoms with E-state index in [1.807, 2.05) is 44.2 Å². The molecule has 0 atom stereocenters. The third-order valence-corrected chi connectivity index (χ3v) is 7.18. The van der Waals surface area contributed by atoms with Crippen molar-refractivity contribution in [1.82, 2.24) is 15.6 Å². The molecule has 1 fully saturated rings. The topological polar surface area (TPSA) is 119 Å². The van der Waals surface area contributed by atoms with Gasteiger partial charge < -0.3 is 24.9 Å². The molecule has 1 aromatic heterocycles. The summed E-state index contributed by atoms with van der Waals surface area (Å²) in [7, 11) is 0. The average molecular weight is 563 g/mol. The van der Waals surface area contributed by atoms with E-state index in [4.69, 9.17) is 9.47 Å². The number of nitrogens with zero attached hydrogens (tertiary/aromatic N) is 2. The van der Waals surface area contributed by atoms with Gasteiger partial charge in [0.2, 0.25) is 0 Å². The number of allylic oxidation sites excluding steroid dienone is 2. The van der Waals surface area contributed by atoms with Crippen LogP contribution in [0.5, 0.6) is 0 Å². The lowest BCUT2D eigenvalue weighted by atomic mass is 9.95. The Morgan fingerprint density at radius 1 is 1.30 bits per heavy atom. The van der Waals surface area contributed by atoms with E-state index < -0.39 is 11.6 Å². The van der Waals surface area contributed by atoms with Crippen molar-refractivity contribution in [2.24, 2.45) is 4.99 Å². The molecule has 0 aliphatic carbocycles. The van der Waals surface area contributed by atoms with E-state index in [1.54, 1.807) is 25.4 Å². The van der Waals surface area contributed by atoms with Crippen molar-refractivity contribution in [3.05, 3.63) is 78.1 Å². The fourth-order valence-corrected chi connectivity index (χ4v) is 4.76. The molecule has 1 saturated heterocycles. The molecule has 9 nitrogen and oxygen atoms in total. The summed E-state index contributed by atoms with van der Waals surface area (Å²) in [5.74, 6) is -0.468. The highest BCUT2D eigenvalue weighted by Gasteiger charge is 2.45. The lowest BCUT2D eigenvalue weighted by Gasteiger charge is -2.40. The number of amides is 2. The van der Waals surface area contributed by atoms with Crippen LogP contribution in [0.1, 0.15) is 37.8 Å². The molecular formula is C30H34N4O5S. The van der Waals surface area contributed by atoms with E-state index in [-0.39, 0.29) is 32.1 Å². The summed E-state index contributed by atoms with van der Waals surface area (Å²) in [6.45, 7) is 14.5. The van der Waals surface area contributed by atoms with E-state index in [0.717, 1.165) is 32.9 Å². The number of nitrogens with one attached hydrogen (secondary N) is 2. The van der Waals surface area contributed by atoms with Gasteiger partial charge in [0.1, 0.15) is 6.29 Å². The monoisotopic (exact) mass is 562 g/mol. The second-order valence-corrected chi connectivity index (χ2v) is 10.2. The number of pyridine rings is 1. The van der Waals surface area contributed by atoms with Gasteiger partial charge in [-0.15, -0.1) is 0 Å². The Kier molecular flexibility index (Phi) is 11.0. The largest absolute Gasteiger partial charge is 0.448 e. The molecule has 40 heavy (non-hydrogen) atoms. The van der Waals surface area contributed by atoms with Crippen molar-refractivity contribution in [3.63, 3.8) is 0 Å². The SMILES string of the molecule is C=C/C(=C\N=C(C)C1(OC(=O)CCC=O)COC1)c1cc(C)c(SC(=C)NC(=O)NCC)c(-c2ccccn2)c1. The van der Waals surface area contributed by atoms with Gasteiger partial charge >= 0.3 is 12.0 Å². The highest BCUT2D eigenvalue weighted by molar-refractivity contribution is 8.03. The maximum absolute atomic E-state index is 12.2. The molecule has 0 radical (unpaired) electrons. The quantitative estimate of drug-likeness (QED) is 0.113. The predicted octanol–water partition coefficient (Wildman–Crippen LogP) is 5.22. The van der Waals surface area contributed by atoms with Crippen LogP contribution in [-0.4, -0.2) is 54.3 Å². The maximum Gasteiger partial charge on any atom is 0.319 e. The molecule has 2 heterocycles. The molecule has 0 spiro atoms. The fraction of sp³-hybridized carbons (Fsp3) is 0.300. The van der Waals surface area contributed by atoms with Crippen molar-refractivity contribution < 1.29 is 23.9 Å². The second-order valence-electron chi connectivity index (χ2n) is 9.06. The maximum atomic E-state index is 12.2. The molecule has 2 N–H and O–H groups in total. The number of aromatic nitrogens is 1. The Morgan fingerprint density at radius 3 is 2.67 bits per heavy atom. The molecule has 2 aromatic rings. The number of aldehydes is 1. The Balaban J connectivity index is 1.96. The molecule has 210 valence electrons. The number of aryl methyl sites for hydroxylation is 1. The van der Waals surface area contributed by atoms with Crippen LogP contribution < -0.4 is 10.6 Å². The summed E-state index contributed by atoms with van der Waals surface area (Å²) >= 11 is 1.35. The minimum Gasteiger partial charge on any atom is -0.448 e. The number of aliphatic imine (C=N–C) groups is 1. The second kappa shape index (κ2) is 14.4. The van der Waals surface area contributed by atoms with Gasteiger partial charge in [-0.05, 0) is 55.7 Å². The standard InChI is InChI=1S/C30H34N4O5S/c1-6-23(17-33-21(4)30(18-38-19-30)39-27(36)12-10-14-35)24-15-20(3)28(40-22(5)34-29(37)31-7-2)25(16-24)26-11-8-9-13-32-26/h6,8-9,11,13-17H,1,5,7,10,12,18-19H2,2-4H3,(H2,31,34,37)/b23-17+,33-21?. The fourth-order valence-electron chi connectivity index (χ4n) is 3.87. The van der Waals surface area contributed by atoms with Crippen LogP contribution >= 0.6 is 11.8 Å². The summed E-state index contributed by atoms with van der Waals surface area (Å²) in [4.78, 5) is 44.9. The first-order chi connectivity index (χ1) is 19.2. The smallest absolute Gasteiger partial charge is 0.319 e. The minimum absolute atomic E-state index is 0.0113. The first kappa shape index (κ1) is 30.5. The number of ether oxygens (including phenoxy) is 2. The average Bonchev–Trinajstić information content (AvgIpc) is 2.91. The van der Waals surface area contributed by atoms with Crippen LogP contribution in [0.25, 0.3) is 16.8 Å². The van der Waals surface area contributed by atoms with Crippen molar-refractivity contribution in [2.75, 3.05) is 19.8 Å². The van der Waals surface area contributed by atoms with Crippen molar-refractivity contribution in [2.45, 2.75) is 44.1 Å². The van der Waals surface area contributed by atoms with Gasteiger partial charge in [0.05, 0.1) is 36.1 Å². The first-order valence-corrected chi connectivity index (χ1v) is 13.6. The Labute approximate surface area is 238 Å². The van der Waals surface area contributed by atoms with Gasteiger partial charge in [0.25, 0.3) is 0 Å². The van der Waals surface area contributed by atoms with Crippen molar-refractivity contribution in [1.29, 1.82) is 0 Å². The number of thioether (sulfide) groups is 1. The normalized spacial score (nSPS) is 14.5. The Morgan fingerprint density at radius 2 is 2.08 bits per heavy atom.